The summed E-state index contributed by atoms with van der Waals surface area (Å²) < 4.78 is 4.02. The van der Waals surface area contributed by atoms with Gasteiger partial charge in [-0.2, -0.15) is 0 Å². The summed E-state index contributed by atoms with van der Waals surface area (Å²) in [6.45, 7) is 0. The number of methoxy groups -OCH3 is 1. The van der Waals surface area contributed by atoms with Gasteiger partial charge < -0.3 is 4.74 Å². The number of halogens is 1. The van der Waals surface area contributed by atoms with Crippen molar-refractivity contribution in [2.75, 3.05) is 12.0 Å². The van der Waals surface area contributed by atoms with Gasteiger partial charge in [-0.05, 0) is 40.5 Å². The molecular formula is C26H18BrNO4. The van der Waals surface area contributed by atoms with Crippen molar-refractivity contribution in [1.29, 1.82) is 0 Å². The molecule has 1 fully saturated rings. The van der Waals surface area contributed by atoms with Crippen molar-refractivity contribution in [3.8, 4) is 0 Å². The van der Waals surface area contributed by atoms with Gasteiger partial charge in [0.2, 0.25) is 11.8 Å². The first-order chi connectivity index (χ1) is 15.5. The van der Waals surface area contributed by atoms with Crippen molar-refractivity contribution in [2.24, 2.45) is 11.8 Å². The molecule has 7 rings (SSSR count). The predicted molar refractivity (Wildman–Crippen MR) is 122 cm³/mol. The fourth-order valence-corrected chi connectivity index (χ4v) is 7.03. The largest absolute Gasteiger partial charge is 0.465 e. The van der Waals surface area contributed by atoms with Crippen LogP contribution in [0.15, 0.2) is 72.8 Å². The number of benzene rings is 3. The van der Waals surface area contributed by atoms with Crippen molar-refractivity contribution < 1.29 is 19.1 Å². The number of rotatable bonds is 2. The van der Waals surface area contributed by atoms with Crippen molar-refractivity contribution in [3.63, 3.8) is 0 Å². The van der Waals surface area contributed by atoms with E-state index in [1.165, 1.54) is 12.0 Å². The number of anilines is 1. The molecule has 0 radical (unpaired) electrons. The maximum absolute atomic E-state index is 13.9. The average Bonchev–Trinajstić information content (AvgIpc) is 3.10. The molecule has 4 aliphatic rings. The molecule has 3 aromatic carbocycles. The van der Waals surface area contributed by atoms with Crippen LogP contribution in [0, 0.1) is 11.8 Å². The van der Waals surface area contributed by atoms with E-state index in [0.29, 0.717) is 11.3 Å². The van der Waals surface area contributed by atoms with Gasteiger partial charge in [0.25, 0.3) is 0 Å². The zero-order chi connectivity index (χ0) is 22.2. The summed E-state index contributed by atoms with van der Waals surface area (Å²) >= 11 is 3.98. The van der Waals surface area contributed by atoms with Crippen LogP contribution in [-0.4, -0.2) is 24.9 Å². The second-order valence-corrected chi connectivity index (χ2v) is 9.67. The Morgan fingerprint density at radius 3 is 2.16 bits per heavy atom. The zero-order valence-electron chi connectivity index (χ0n) is 17.1. The van der Waals surface area contributed by atoms with E-state index in [0.717, 1.165) is 22.3 Å². The molecular weight excluding hydrogens is 470 g/mol. The molecule has 0 spiro atoms. The predicted octanol–water partition coefficient (Wildman–Crippen LogP) is 4.38. The molecule has 6 heteroatoms. The Bertz CT molecular complexity index is 1290. The van der Waals surface area contributed by atoms with Gasteiger partial charge in [-0.15, -0.1) is 0 Å². The minimum absolute atomic E-state index is 0.197. The molecule has 0 N–H and O–H groups in total. The van der Waals surface area contributed by atoms with E-state index in [1.54, 1.807) is 24.3 Å². The first-order valence-electron chi connectivity index (χ1n) is 10.4. The van der Waals surface area contributed by atoms with Gasteiger partial charge in [0.1, 0.15) is 0 Å². The number of carbonyl (C=O) groups excluding carboxylic acids is 3. The lowest BCUT2D eigenvalue weighted by Crippen LogP contribution is -2.50. The summed E-state index contributed by atoms with van der Waals surface area (Å²) in [5, 5.41) is 0. The molecule has 2 amide bonds. The highest BCUT2D eigenvalue weighted by Crippen LogP contribution is 2.66. The van der Waals surface area contributed by atoms with E-state index in [-0.39, 0.29) is 17.7 Å². The SMILES string of the molecule is COC(=O)c1cccc(N2C(=O)[C@@H]3C4c5ccccc5C(Br)(c5ccccc54)[C@@H]3C2=O)c1. The van der Waals surface area contributed by atoms with Gasteiger partial charge in [0.15, 0.2) is 0 Å². The zero-order valence-corrected chi connectivity index (χ0v) is 18.7. The van der Waals surface area contributed by atoms with Crippen LogP contribution in [0.3, 0.4) is 0 Å². The molecule has 2 atom stereocenters. The smallest absolute Gasteiger partial charge is 0.337 e. The minimum atomic E-state index is -0.791. The number of nitrogens with zero attached hydrogens (tertiary/aromatic N) is 1. The molecule has 0 unspecified atom stereocenters. The first-order valence-corrected chi connectivity index (χ1v) is 11.2. The van der Waals surface area contributed by atoms with Crippen molar-refractivity contribution >= 4 is 39.4 Å². The Balaban J connectivity index is 1.56. The summed E-state index contributed by atoms with van der Waals surface area (Å²) in [6, 6.07) is 22.6. The lowest BCUT2D eigenvalue weighted by atomic mass is 9.55. The summed E-state index contributed by atoms with van der Waals surface area (Å²) in [7, 11) is 1.30. The normalized spacial score (nSPS) is 27.1. The van der Waals surface area contributed by atoms with Crippen LogP contribution in [0.25, 0.3) is 0 Å². The molecule has 0 saturated carbocycles. The third-order valence-corrected chi connectivity index (χ3v) is 8.39. The molecule has 0 aromatic heterocycles. The maximum Gasteiger partial charge on any atom is 0.337 e. The van der Waals surface area contributed by atoms with Crippen LogP contribution in [0.2, 0.25) is 0 Å². The van der Waals surface area contributed by atoms with Crippen LogP contribution in [0.5, 0.6) is 0 Å². The van der Waals surface area contributed by atoms with Crippen LogP contribution >= 0.6 is 15.9 Å². The van der Waals surface area contributed by atoms with Crippen LogP contribution in [0.4, 0.5) is 5.69 Å². The average molecular weight is 488 g/mol. The van der Waals surface area contributed by atoms with E-state index in [1.807, 2.05) is 36.4 Å². The standard InChI is InChI=1S/C26H18BrNO4/c1-32-25(31)14-7-6-8-15(13-14)28-23(29)21-20-16-9-2-4-11-18(16)26(27,22(21)24(28)30)19-12-5-3-10-17(19)20/h2-13,20-22H,1H3/t20?,21-,22+,26?/m1/s1. The maximum atomic E-state index is 13.9. The van der Waals surface area contributed by atoms with Gasteiger partial charge >= 0.3 is 5.97 Å². The highest BCUT2D eigenvalue weighted by atomic mass is 79.9. The van der Waals surface area contributed by atoms with Crippen molar-refractivity contribution in [2.45, 2.75) is 10.2 Å². The number of hydrogen-bond donors (Lipinski definition) is 0. The number of ether oxygens (including phenoxy) is 1. The second-order valence-electron chi connectivity index (χ2n) is 8.42. The van der Waals surface area contributed by atoms with E-state index >= 15 is 0 Å². The lowest BCUT2D eigenvalue weighted by Gasteiger charge is -2.51. The fraction of sp³-hybridized carbons (Fsp3) is 0.192. The van der Waals surface area contributed by atoms with Crippen LogP contribution in [0.1, 0.15) is 38.5 Å². The summed E-state index contributed by atoms with van der Waals surface area (Å²) in [5.41, 5.74) is 4.92. The van der Waals surface area contributed by atoms with E-state index in [9.17, 15) is 14.4 Å². The van der Waals surface area contributed by atoms with E-state index < -0.39 is 22.1 Å². The number of hydrogen-bond acceptors (Lipinski definition) is 4. The topological polar surface area (TPSA) is 63.7 Å². The van der Waals surface area contributed by atoms with Gasteiger partial charge in [-0.1, -0.05) is 70.5 Å². The fourth-order valence-electron chi connectivity index (χ4n) is 5.82. The molecule has 1 saturated heterocycles. The number of esters is 1. The highest BCUT2D eigenvalue weighted by molar-refractivity contribution is 9.09. The Morgan fingerprint density at radius 2 is 1.53 bits per heavy atom. The summed E-state index contributed by atoms with van der Waals surface area (Å²) in [4.78, 5) is 41.0. The molecule has 1 heterocycles. The molecule has 3 aliphatic carbocycles. The second kappa shape index (κ2) is 6.62. The van der Waals surface area contributed by atoms with E-state index in [2.05, 4.69) is 28.1 Å². The minimum Gasteiger partial charge on any atom is -0.465 e. The number of amides is 2. The van der Waals surface area contributed by atoms with Gasteiger partial charge in [0, 0.05) is 5.92 Å². The van der Waals surface area contributed by atoms with Crippen molar-refractivity contribution in [1.82, 2.24) is 0 Å². The number of alkyl halides is 1. The Morgan fingerprint density at radius 1 is 0.906 bits per heavy atom. The third-order valence-electron chi connectivity index (χ3n) is 7.04. The Hall–Kier alpha value is -3.25. The Kier molecular flexibility index (Phi) is 4.02. The van der Waals surface area contributed by atoms with Gasteiger partial charge in [0.05, 0.1) is 34.5 Å². The van der Waals surface area contributed by atoms with Gasteiger partial charge in [-0.25, -0.2) is 9.69 Å². The van der Waals surface area contributed by atoms with Gasteiger partial charge in [-0.3, -0.25) is 9.59 Å². The molecule has 158 valence electrons. The highest BCUT2D eigenvalue weighted by Gasteiger charge is 2.67. The molecule has 32 heavy (non-hydrogen) atoms. The van der Waals surface area contributed by atoms with Crippen molar-refractivity contribution in [3.05, 3.63) is 101 Å². The molecule has 1 aliphatic heterocycles. The quantitative estimate of drug-likeness (QED) is 0.305. The Labute approximate surface area is 193 Å². The molecule has 2 bridgehead atoms. The summed E-state index contributed by atoms with van der Waals surface area (Å²) in [5.74, 6) is -2.30. The first kappa shape index (κ1) is 19.4. The number of imide groups is 1. The lowest BCUT2D eigenvalue weighted by molar-refractivity contribution is -0.122. The summed E-state index contributed by atoms with van der Waals surface area (Å²) in [6.07, 6.45) is 0. The number of carbonyl (C=O) groups is 3. The van der Waals surface area contributed by atoms with Crippen LogP contribution in [-0.2, 0) is 18.7 Å². The third kappa shape index (κ3) is 2.25. The monoisotopic (exact) mass is 487 g/mol. The van der Waals surface area contributed by atoms with E-state index in [4.69, 9.17) is 4.74 Å². The van der Waals surface area contributed by atoms with Crippen LogP contribution < -0.4 is 4.90 Å². The molecule has 3 aromatic rings. The molecule has 5 nitrogen and oxygen atoms in total.